The van der Waals surface area contributed by atoms with Crippen LogP contribution in [0.3, 0.4) is 0 Å². The van der Waals surface area contributed by atoms with Gasteiger partial charge in [0.2, 0.25) is 21.8 Å². The van der Waals surface area contributed by atoms with Crippen LogP contribution in [0.2, 0.25) is 0 Å². The standard InChI is InChI=1S/C21H25Br2N3O4S/c1-4-24-21(28)15(2)25(13-16-9-11-17(22)12-10-16)20(27)14-26(31(3,29)30)19-8-6-5-7-18(19)23/h5-12,15H,4,13-14H2,1-3H3,(H,24,28)/t15-/m0/s1. The summed E-state index contributed by atoms with van der Waals surface area (Å²) >= 11 is 6.73. The number of hydrogen-bond acceptors (Lipinski definition) is 4. The van der Waals surface area contributed by atoms with E-state index in [1.54, 1.807) is 38.1 Å². The fraction of sp³-hybridized carbons (Fsp3) is 0.333. The number of carbonyl (C=O) groups excluding carboxylic acids is 2. The van der Waals surface area contributed by atoms with Crippen molar-refractivity contribution in [2.24, 2.45) is 0 Å². The van der Waals surface area contributed by atoms with Crippen molar-refractivity contribution in [1.82, 2.24) is 10.2 Å². The van der Waals surface area contributed by atoms with E-state index in [0.29, 0.717) is 16.7 Å². The van der Waals surface area contributed by atoms with E-state index in [1.807, 2.05) is 24.3 Å². The van der Waals surface area contributed by atoms with Crippen molar-refractivity contribution in [3.63, 3.8) is 0 Å². The van der Waals surface area contributed by atoms with Gasteiger partial charge in [-0.05, 0) is 59.6 Å². The highest BCUT2D eigenvalue weighted by molar-refractivity contribution is 9.10. The molecule has 0 saturated heterocycles. The second kappa shape index (κ2) is 11.1. The zero-order chi connectivity index (χ0) is 23.2. The number of halogens is 2. The highest BCUT2D eigenvalue weighted by atomic mass is 79.9. The van der Waals surface area contributed by atoms with Crippen LogP contribution >= 0.6 is 31.9 Å². The third kappa shape index (κ3) is 7.05. The summed E-state index contributed by atoms with van der Waals surface area (Å²) in [7, 11) is -3.75. The summed E-state index contributed by atoms with van der Waals surface area (Å²) in [6.07, 6.45) is 1.05. The number of amides is 2. The number of para-hydroxylation sites is 1. The van der Waals surface area contributed by atoms with Gasteiger partial charge in [-0.3, -0.25) is 13.9 Å². The predicted octanol–water partition coefficient (Wildman–Crippen LogP) is 3.53. The molecule has 0 saturated carbocycles. The quantitative estimate of drug-likeness (QED) is 0.496. The van der Waals surface area contributed by atoms with Crippen molar-refractivity contribution < 1.29 is 18.0 Å². The van der Waals surface area contributed by atoms with Crippen LogP contribution in [0.4, 0.5) is 5.69 Å². The predicted molar refractivity (Wildman–Crippen MR) is 129 cm³/mol. The van der Waals surface area contributed by atoms with Gasteiger partial charge in [0.1, 0.15) is 12.6 Å². The van der Waals surface area contributed by atoms with E-state index in [-0.39, 0.29) is 12.5 Å². The number of rotatable bonds is 9. The molecule has 0 heterocycles. The normalized spacial score (nSPS) is 12.2. The Morgan fingerprint density at radius 2 is 1.68 bits per heavy atom. The van der Waals surface area contributed by atoms with E-state index >= 15 is 0 Å². The van der Waals surface area contributed by atoms with E-state index in [1.165, 1.54) is 4.90 Å². The molecule has 2 aromatic rings. The number of carbonyl (C=O) groups is 2. The van der Waals surface area contributed by atoms with Gasteiger partial charge in [0.25, 0.3) is 0 Å². The number of hydrogen-bond donors (Lipinski definition) is 1. The molecule has 0 spiro atoms. The lowest BCUT2D eigenvalue weighted by molar-refractivity contribution is -0.139. The summed E-state index contributed by atoms with van der Waals surface area (Å²) < 4.78 is 27.5. The summed E-state index contributed by atoms with van der Waals surface area (Å²) in [5, 5.41) is 2.72. The molecule has 0 bridgehead atoms. The number of likely N-dealkylation sites (N-methyl/N-ethyl adjacent to an activating group) is 1. The molecular formula is C21H25Br2N3O4S. The van der Waals surface area contributed by atoms with Crippen molar-refractivity contribution in [2.45, 2.75) is 26.4 Å². The third-order valence-electron chi connectivity index (χ3n) is 4.58. The zero-order valence-electron chi connectivity index (χ0n) is 17.5. The number of nitrogens with one attached hydrogen (secondary N) is 1. The first-order chi connectivity index (χ1) is 14.5. The van der Waals surface area contributed by atoms with Gasteiger partial charge in [0, 0.05) is 22.0 Å². The van der Waals surface area contributed by atoms with Crippen LogP contribution in [0, 0.1) is 0 Å². The Kier molecular flexibility index (Phi) is 9.08. The molecule has 7 nitrogen and oxygen atoms in total. The number of anilines is 1. The average molecular weight is 575 g/mol. The Morgan fingerprint density at radius 1 is 1.06 bits per heavy atom. The largest absolute Gasteiger partial charge is 0.355 e. The summed E-state index contributed by atoms with van der Waals surface area (Å²) in [5.41, 5.74) is 1.17. The Hall–Kier alpha value is -1.91. The summed E-state index contributed by atoms with van der Waals surface area (Å²) in [4.78, 5) is 27.2. The van der Waals surface area contributed by atoms with E-state index in [4.69, 9.17) is 0 Å². The molecule has 0 fully saturated rings. The molecule has 0 aliphatic carbocycles. The topological polar surface area (TPSA) is 86.8 Å². The summed E-state index contributed by atoms with van der Waals surface area (Å²) in [5.74, 6) is -0.789. The molecule has 10 heteroatoms. The maximum atomic E-state index is 13.3. The minimum absolute atomic E-state index is 0.165. The van der Waals surface area contributed by atoms with Crippen molar-refractivity contribution in [3.05, 3.63) is 63.0 Å². The first kappa shape index (κ1) is 25.4. The maximum absolute atomic E-state index is 13.3. The number of benzene rings is 2. The van der Waals surface area contributed by atoms with Crippen molar-refractivity contribution in [3.8, 4) is 0 Å². The number of nitrogens with zero attached hydrogens (tertiary/aromatic N) is 2. The molecule has 0 aromatic heterocycles. The fourth-order valence-electron chi connectivity index (χ4n) is 2.94. The van der Waals surface area contributed by atoms with Gasteiger partial charge < -0.3 is 10.2 Å². The first-order valence-corrected chi connectivity index (χ1v) is 13.0. The molecule has 0 aliphatic heterocycles. The van der Waals surface area contributed by atoms with Crippen molar-refractivity contribution >= 4 is 59.4 Å². The van der Waals surface area contributed by atoms with Crippen molar-refractivity contribution in [1.29, 1.82) is 0 Å². The smallest absolute Gasteiger partial charge is 0.244 e. The van der Waals surface area contributed by atoms with Crippen LogP contribution in [0.1, 0.15) is 19.4 Å². The molecule has 2 aromatic carbocycles. The second-order valence-corrected chi connectivity index (χ2v) is 10.6. The molecule has 2 rings (SSSR count). The molecular weight excluding hydrogens is 550 g/mol. The molecule has 1 atom stereocenters. The average Bonchev–Trinajstić information content (AvgIpc) is 2.71. The second-order valence-electron chi connectivity index (χ2n) is 6.94. The van der Waals surface area contributed by atoms with E-state index in [2.05, 4.69) is 37.2 Å². The summed E-state index contributed by atoms with van der Waals surface area (Å²) in [6, 6.07) is 13.4. The van der Waals surface area contributed by atoms with E-state index < -0.39 is 28.5 Å². The molecule has 0 aliphatic rings. The fourth-order valence-corrected chi connectivity index (χ4v) is 4.68. The summed E-state index contributed by atoms with van der Waals surface area (Å²) in [6.45, 7) is 3.59. The highest BCUT2D eigenvalue weighted by Crippen LogP contribution is 2.28. The molecule has 0 radical (unpaired) electrons. The monoisotopic (exact) mass is 573 g/mol. The van der Waals surface area contributed by atoms with Crippen LogP contribution in [-0.4, -0.2) is 50.5 Å². The minimum atomic E-state index is -3.75. The lowest BCUT2D eigenvalue weighted by Crippen LogP contribution is -2.51. The van der Waals surface area contributed by atoms with Crippen LogP contribution in [-0.2, 0) is 26.2 Å². The van der Waals surface area contributed by atoms with Crippen LogP contribution in [0.5, 0.6) is 0 Å². The van der Waals surface area contributed by atoms with Gasteiger partial charge in [-0.15, -0.1) is 0 Å². The number of sulfonamides is 1. The lowest BCUT2D eigenvalue weighted by atomic mass is 10.1. The van der Waals surface area contributed by atoms with Crippen LogP contribution in [0.15, 0.2) is 57.5 Å². The van der Waals surface area contributed by atoms with Crippen LogP contribution in [0.25, 0.3) is 0 Å². The van der Waals surface area contributed by atoms with E-state index in [9.17, 15) is 18.0 Å². The highest BCUT2D eigenvalue weighted by Gasteiger charge is 2.30. The Labute approximate surface area is 200 Å². The molecule has 0 unspecified atom stereocenters. The van der Waals surface area contributed by atoms with Gasteiger partial charge in [-0.1, -0.05) is 40.2 Å². The lowest BCUT2D eigenvalue weighted by Gasteiger charge is -2.31. The molecule has 31 heavy (non-hydrogen) atoms. The molecule has 168 valence electrons. The maximum Gasteiger partial charge on any atom is 0.244 e. The molecule has 1 N–H and O–H groups in total. The Balaban J connectivity index is 2.38. The minimum Gasteiger partial charge on any atom is -0.355 e. The molecule has 2 amide bonds. The van der Waals surface area contributed by atoms with Gasteiger partial charge in [0.05, 0.1) is 11.9 Å². The zero-order valence-corrected chi connectivity index (χ0v) is 21.5. The third-order valence-corrected chi connectivity index (χ3v) is 6.91. The Bertz CT molecular complexity index is 1030. The first-order valence-electron chi connectivity index (χ1n) is 9.58. The SMILES string of the molecule is CCNC(=O)[C@H](C)N(Cc1ccc(Br)cc1)C(=O)CN(c1ccccc1Br)S(C)(=O)=O. The van der Waals surface area contributed by atoms with Gasteiger partial charge in [-0.2, -0.15) is 0 Å². The van der Waals surface area contributed by atoms with E-state index in [0.717, 1.165) is 20.6 Å². The van der Waals surface area contributed by atoms with Gasteiger partial charge in [0.15, 0.2) is 0 Å². The van der Waals surface area contributed by atoms with Gasteiger partial charge >= 0.3 is 0 Å². The Morgan fingerprint density at radius 3 is 2.23 bits per heavy atom. The van der Waals surface area contributed by atoms with Gasteiger partial charge in [-0.25, -0.2) is 8.42 Å². The van der Waals surface area contributed by atoms with Crippen LogP contribution < -0.4 is 9.62 Å². The van der Waals surface area contributed by atoms with Crippen molar-refractivity contribution in [2.75, 3.05) is 23.7 Å².